The molecule has 0 spiro atoms. The minimum absolute atomic E-state index is 0.224. The predicted octanol–water partition coefficient (Wildman–Crippen LogP) is 3.06. The molecular weight excluding hydrogens is 336 g/mol. The van der Waals surface area contributed by atoms with Crippen molar-refractivity contribution in [3.05, 3.63) is 58.5 Å². The number of hydrogen-bond donors (Lipinski definition) is 2. The van der Waals surface area contributed by atoms with E-state index in [-0.39, 0.29) is 6.79 Å². The fourth-order valence-electron chi connectivity index (χ4n) is 3.31. The maximum atomic E-state index is 11.2. The van der Waals surface area contributed by atoms with Gasteiger partial charge >= 0.3 is 0 Å². The number of nitrogens with one attached hydrogen (secondary N) is 1. The monoisotopic (exact) mass is 352 g/mol. The van der Waals surface area contributed by atoms with Crippen molar-refractivity contribution in [1.29, 1.82) is 0 Å². The number of fused-ring (bicyclic) bond motifs is 2. The molecule has 0 amide bonds. The largest absolute Gasteiger partial charge is 0.454 e. The number of rotatable bonds is 3. The summed E-state index contributed by atoms with van der Waals surface area (Å²) in [6.45, 7) is 1.83. The topological polar surface area (TPSA) is 63.1 Å². The first-order chi connectivity index (χ1) is 12.3. The van der Waals surface area contributed by atoms with Gasteiger partial charge in [-0.15, -0.1) is 11.3 Å². The van der Waals surface area contributed by atoms with Gasteiger partial charge in [0, 0.05) is 16.8 Å². The van der Waals surface area contributed by atoms with Crippen LogP contribution in [0.3, 0.4) is 0 Å². The highest BCUT2D eigenvalue weighted by Gasteiger charge is 2.26. The zero-order valence-electron chi connectivity index (χ0n) is 13.4. The van der Waals surface area contributed by atoms with E-state index in [9.17, 15) is 5.11 Å². The van der Waals surface area contributed by atoms with Crippen LogP contribution in [-0.2, 0) is 0 Å². The van der Waals surface area contributed by atoms with Crippen molar-refractivity contribution in [3.63, 3.8) is 0 Å². The number of benzene rings is 2. The Morgan fingerprint density at radius 1 is 1.12 bits per heavy atom. The van der Waals surface area contributed by atoms with Crippen molar-refractivity contribution >= 4 is 27.3 Å². The maximum absolute atomic E-state index is 11.2. The van der Waals surface area contributed by atoms with E-state index in [0.29, 0.717) is 11.5 Å². The second-order valence-corrected chi connectivity index (χ2v) is 7.07. The molecule has 0 bridgehead atoms. The van der Waals surface area contributed by atoms with Crippen LogP contribution in [0.15, 0.2) is 47.5 Å². The van der Waals surface area contributed by atoms with Crippen molar-refractivity contribution in [2.75, 3.05) is 19.9 Å². The van der Waals surface area contributed by atoms with Gasteiger partial charge in [0.15, 0.2) is 11.5 Å². The van der Waals surface area contributed by atoms with Crippen molar-refractivity contribution in [1.82, 2.24) is 5.32 Å². The minimum atomic E-state index is -0.759. The van der Waals surface area contributed by atoms with Crippen molar-refractivity contribution in [3.8, 4) is 11.5 Å². The summed E-state index contributed by atoms with van der Waals surface area (Å²) in [5.41, 5.74) is 1.68. The summed E-state index contributed by atoms with van der Waals surface area (Å²) in [7, 11) is 0. The molecule has 2 aliphatic rings. The smallest absolute Gasteiger partial charge is 0.231 e. The number of amidine groups is 1. The molecule has 1 unspecified atom stereocenters. The van der Waals surface area contributed by atoms with Crippen LogP contribution < -0.4 is 14.8 Å². The molecule has 5 nitrogen and oxygen atoms in total. The van der Waals surface area contributed by atoms with Crippen LogP contribution >= 0.6 is 11.3 Å². The predicted molar refractivity (Wildman–Crippen MR) is 97.9 cm³/mol. The molecule has 126 valence electrons. The van der Waals surface area contributed by atoms with E-state index in [4.69, 9.17) is 9.47 Å². The van der Waals surface area contributed by atoms with E-state index in [1.165, 1.54) is 0 Å². The highest BCUT2D eigenvalue weighted by atomic mass is 32.1. The standard InChI is InChI=1S/C19H16N2O3S/c22-17(11-5-6-13-14(9-11)24-10-23-13)16-12-3-1-2-4-15(12)25-18(16)19-20-7-8-21-19/h1-6,9,17,22H,7-8,10H2,(H,20,21). The molecule has 6 heteroatoms. The van der Waals surface area contributed by atoms with Gasteiger partial charge in [0.2, 0.25) is 6.79 Å². The van der Waals surface area contributed by atoms with Gasteiger partial charge in [-0.05, 0) is 29.1 Å². The third-order valence-corrected chi connectivity index (χ3v) is 5.70. The van der Waals surface area contributed by atoms with Crippen LogP contribution in [-0.4, -0.2) is 30.8 Å². The van der Waals surface area contributed by atoms with Gasteiger partial charge < -0.3 is 19.9 Å². The van der Waals surface area contributed by atoms with Crippen molar-refractivity contribution in [2.45, 2.75) is 6.10 Å². The first-order valence-corrected chi connectivity index (χ1v) is 9.00. The number of ether oxygens (including phenoxy) is 2. The molecule has 2 N–H and O–H groups in total. The molecular formula is C19H16N2O3S. The minimum Gasteiger partial charge on any atom is -0.454 e. The Bertz CT molecular complexity index is 995. The van der Waals surface area contributed by atoms with Crippen LogP contribution in [0.4, 0.5) is 0 Å². The fraction of sp³-hybridized carbons (Fsp3) is 0.211. The molecule has 25 heavy (non-hydrogen) atoms. The molecule has 2 aliphatic heterocycles. The average Bonchev–Trinajstić information content (AvgIpc) is 3.38. The lowest BCUT2D eigenvalue weighted by Crippen LogP contribution is -2.20. The van der Waals surface area contributed by atoms with Crippen LogP contribution in [0.1, 0.15) is 22.1 Å². The molecule has 0 aliphatic carbocycles. The Balaban J connectivity index is 1.67. The molecule has 1 aromatic heterocycles. The zero-order chi connectivity index (χ0) is 16.8. The Morgan fingerprint density at radius 3 is 2.88 bits per heavy atom. The number of thiophene rings is 1. The maximum Gasteiger partial charge on any atom is 0.231 e. The molecule has 3 heterocycles. The SMILES string of the molecule is OC(c1ccc2c(c1)OCO2)c1c(C2=NCCN2)sc2ccccc12. The highest BCUT2D eigenvalue weighted by molar-refractivity contribution is 7.21. The Kier molecular flexibility index (Phi) is 3.39. The number of aliphatic imine (C=N–C) groups is 1. The van der Waals surface area contributed by atoms with Crippen molar-refractivity contribution in [2.24, 2.45) is 4.99 Å². The van der Waals surface area contributed by atoms with Gasteiger partial charge in [0.1, 0.15) is 11.9 Å². The van der Waals surface area contributed by atoms with Gasteiger partial charge in [0.05, 0.1) is 11.4 Å². The molecule has 0 radical (unpaired) electrons. The summed E-state index contributed by atoms with van der Waals surface area (Å²) in [4.78, 5) is 5.56. The lowest BCUT2D eigenvalue weighted by Gasteiger charge is -2.14. The van der Waals surface area contributed by atoms with E-state index in [0.717, 1.165) is 45.0 Å². The van der Waals surface area contributed by atoms with Crippen LogP contribution in [0.25, 0.3) is 10.1 Å². The summed E-state index contributed by atoms with van der Waals surface area (Å²) in [5.74, 6) is 2.26. The summed E-state index contributed by atoms with van der Waals surface area (Å²) < 4.78 is 12.0. The number of aliphatic hydroxyl groups excluding tert-OH is 1. The molecule has 5 rings (SSSR count). The van der Waals surface area contributed by atoms with Crippen LogP contribution in [0.2, 0.25) is 0 Å². The first-order valence-electron chi connectivity index (χ1n) is 8.19. The second kappa shape index (κ2) is 5.75. The van der Waals surface area contributed by atoms with Gasteiger partial charge in [-0.1, -0.05) is 24.3 Å². The quantitative estimate of drug-likeness (QED) is 0.760. The molecule has 0 saturated heterocycles. The number of nitrogens with zero attached hydrogens (tertiary/aromatic N) is 1. The molecule has 0 fully saturated rings. The Labute approximate surface area is 148 Å². The summed E-state index contributed by atoms with van der Waals surface area (Å²) in [6.07, 6.45) is -0.759. The second-order valence-electron chi connectivity index (χ2n) is 6.01. The Hall–Kier alpha value is -2.57. The van der Waals surface area contributed by atoms with Gasteiger partial charge in [-0.3, -0.25) is 4.99 Å². The summed E-state index contributed by atoms with van der Waals surface area (Å²) >= 11 is 1.66. The Morgan fingerprint density at radius 2 is 2.00 bits per heavy atom. The van der Waals surface area contributed by atoms with Crippen LogP contribution in [0.5, 0.6) is 11.5 Å². The molecule has 1 atom stereocenters. The van der Waals surface area contributed by atoms with E-state index < -0.39 is 6.10 Å². The third kappa shape index (κ3) is 2.37. The molecule has 2 aromatic carbocycles. The lowest BCUT2D eigenvalue weighted by molar-refractivity contribution is 0.173. The summed E-state index contributed by atoms with van der Waals surface area (Å²) in [6, 6.07) is 13.7. The normalized spacial score (nSPS) is 16.8. The zero-order valence-corrected chi connectivity index (χ0v) is 14.2. The average molecular weight is 352 g/mol. The van der Waals surface area contributed by atoms with Crippen LogP contribution in [0, 0.1) is 0 Å². The summed E-state index contributed by atoms with van der Waals surface area (Å²) in [5, 5.41) is 15.6. The van der Waals surface area contributed by atoms with Gasteiger partial charge in [0.25, 0.3) is 0 Å². The van der Waals surface area contributed by atoms with Gasteiger partial charge in [-0.2, -0.15) is 0 Å². The van der Waals surface area contributed by atoms with E-state index in [1.807, 2.05) is 30.3 Å². The van der Waals surface area contributed by atoms with E-state index in [1.54, 1.807) is 11.3 Å². The van der Waals surface area contributed by atoms with E-state index in [2.05, 4.69) is 22.4 Å². The lowest BCUT2D eigenvalue weighted by atomic mass is 9.98. The molecule has 0 saturated carbocycles. The molecule has 3 aromatic rings. The number of aliphatic hydroxyl groups is 1. The fourth-order valence-corrected chi connectivity index (χ4v) is 4.53. The number of hydrogen-bond acceptors (Lipinski definition) is 6. The first kappa shape index (κ1) is 14.7. The van der Waals surface area contributed by atoms with Gasteiger partial charge in [-0.25, -0.2) is 0 Å². The highest BCUT2D eigenvalue weighted by Crippen LogP contribution is 2.41. The third-order valence-electron chi connectivity index (χ3n) is 4.51. The van der Waals surface area contributed by atoms with E-state index >= 15 is 0 Å². The van der Waals surface area contributed by atoms with Crippen molar-refractivity contribution < 1.29 is 14.6 Å².